The summed E-state index contributed by atoms with van der Waals surface area (Å²) in [7, 11) is 0. The summed E-state index contributed by atoms with van der Waals surface area (Å²) in [6, 6.07) is 4.94. The van der Waals surface area contributed by atoms with Crippen LogP contribution in [0.15, 0.2) is 30.5 Å². The van der Waals surface area contributed by atoms with Crippen LogP contribution in [0.4, 0.5) is 13.2 Å². The fourth-order valence-corrected chi connectivity index (χ4v) is 2.94. The molecule has 0 N–H and O–H groups in total. The van der Waals surface area contributed by atoms with E-state index in [1.54, 1.807) is 10.9 Å². The van der Waals surface area contributed by atoms with Crippen LogP contribution < -0.4 is 0 Å². The zero-order valence-corrected chi connectivity index (χ0v) is 13.4. The quantitative estimate of drug-likeness (QED) is 0.851. The molecule has 0 spiro atoms. The molecule has 1 aromatic carbocycles. The summed E-state index contributed by atoms with van der Waals surface area (Å²) in [6.45, 7) is 1.22. The topological polar surface area (TPSA) is 51.0 Å². The summed E-state index contributed by atoms with van der Waals surface area (Å²) in [4.78, 5) is 13.8. The van der Waals surface area contributed by atoms with Crippen molar-refractivity contribution in [2.24, 2.45) is 5.92 Å². The second kappa shape index (κ2) is 5.86. The predicted octanol–water partition coefficient (Wildman–Crippen LogP) is 3.15. The average Bonchev–Trinajstić information content (AvgIpc) is 3.19. The maximum absolute atomic E-state index is 12.6. The lowest BCUT2D eigenvalue weighted by molar-refractivity contribution is -0.138. The molecule has 1 aromatic heterocycles. The molecule has 0 atom stereocenters. The van der Waals surface area contributed by atoms with Gasteiger partial charge in [0.05, 0.1) is 17.8 Å². The monoisotopic (exact) mass is 350 g/mol. The molecule has 2 heterocycles. The zero-order valence-electron chi connectivity index (χ0n) is 13.4. The van der Waals surface area contributed by atoms with E-state index in [1.807, 2.05) is 4.90 Å². The maximum atomic E-state index is 12.6. The van der Waals surface area contributed by atoms with Crippen molar-refractivity contribution in [1.82, 2.24) is 19.9 Å². The van der Waals surface area contributed by atoms with Crippen LogP contribution in [0.2, 0.25) is 0 Å². The summed E-state index contributed by atoms with van der Waals surface area (Å²) >= 11 is 0. The van der Waals surface area contributed by atoms with Crippen molar-refractivity contribution in [3.05, 3.63) is 36.0 Å². The van der Waals surface area contributed by atoms with E-state index < -0.39 is 11.7 Å². The Morgan fingerprint density at radius 3 is 2.44 bits per heavy atom. The molecule has 0 radical (unpaired) electrons. The molecule has 1 aliphatic heterocycles. The second-order valence-corrected chi connectivity index (χ2v) is 6.76. The fraction of sp³-hybridized carbons (Fsp3) is 0.471. The molecule has 2 aromatic rings. The second-order valence-electron chi connectivity index (χ2n) is 6.76. The van der Waals surface area contributed by atoms with Crippen LogP contribution in [0.1, 0.15) is 30.9 Å². The van der Waals surface area contributed by atoms with Crippen LogP contribution in [0.25, 0.3) is 11.3 Å². The van der Waals surface area contributed by atoms with Crippen molar-refractivity contribution in [3.8, 4) is 11.3 Å². The first kappa shape index (κ1) is 16.1. The predicted molar refractivity (Wildman–Crippen MR) is 83.4 cm³/mol. The molecule has 1 aliphatic carbocycles. The lowest BCUT2D eigenvalue weighted by Gasteiger charge is -2.39. The van der Waals surface area contributed by atoms with Crippen LogP contribution in [-0.4, -0.2) is 38.9 Å². The molecular weight excluding hydrogens is 333 g/mol. The number of likely N-dealkylation sites (tertiary alicyclic amines) is 1. The van der Waals surface area contributed by atoms with Gasteiger partial charge >= 0.3 is 6.18 Å². The van der Waals surface area contributed by atoms with Gasteiger partial charge in [-0.3, -0.25) is 4.79 Å². The minimum Gasteiger partial charge on any atom is -0.338 e. The molecule has 2 aliphatic rings. The highest BCUT2D eigenvalue weighted by molar-refractivity contribution is 5.77. The molecule has 1 saturated carbocycles. The number of carbonyl (C=O) groups is 1. The van der Waals surface area contributed by atoms with E-state index >= 15 is 0 Å². The van der Waals surface area contributed by atoms with E-state index in [-0.39, 0.29) is 11.9 Å². The normalized spacial score (nSPS) is 18.3. The number of benzene rings is 1. The van der Waals surface area contributed by atoms with E-state index in [2.05, 4.69) is 10.3 Å². The molecular formula is C17H17F3N4O. The van der Waals surface area contributed by atoms with Gasteiger partial charge < -0.3 is 4.90 Å². The van der Waals surface area contributed by atoms with Crippen molar-refractivity contribution in [2.75, 3.05) is 13.1 Å². The summed E-state index contributed by atoms with van der Waals surface area (Å²) in [5.41, 5.74) is 0.421. The van der Waals surface area contributed by atoms with Gasteiger partial charge in [0.2, 0.25) is 5.91 Å². The first-order chi connectivity index (χ1) is 11.9. The Bertz CT molecular complexity index is 774. The van der Waals surface area contributed by atoms with Gasteiger partial charge in [0.1, 0.15) is 5.69 Å². The molecule has 1 saturated heterocycles. The highest BCUT2D eigenvalue weighted by atomic mass is 19.4. The summed E-state index contributed by atoms with van der Waals surface area (Å²) in [5, 5.41) is 8.10. The number of aromatic nitrogens is 3. The van der Waals surface area contributed by atoms with E-state index in [0.717, 1.165) is 25.0 Å². The van der Waals surface area contributed by atoms with Gasteiger partial charge in [-0.05, 0) is 30.9 Å². The molecule has 25 heavy (non-hydrogen) atoms. The van der Waals surface area contributed by atoms with Crippen molar-refractivity contribution >= 4 is 5.91 Å². The van der Waals surface area contributed by atoms with E-state index in [1.165, 1.54) is 12.1 Å². The number of alkyl halides is 3. The minimum atomic E-state index is -4.35. The van der Waals surface area contributed by atoms with Gasteiger partial charge in [0.15, 0.2) is 0 Å². The van der Waals surface area contributed by atoms with Crippen LogP contribution in [0.5, 0.6) is 0 Å². The average molecular weight is 350 g/mol. The van der Waals surface area contributed by atoms with Gasteiger partial charge in [-0.2, -0.15) is 13.2 Å². The highest BCUT2D eigenvalue weighted by Gasteiger charge is 2.35. The Labute approximate surface area is 142 Å². The third kappa shape index (κ3) is 3.38. The van der Waals surface area contributed by atoms with Crippen molar-refractivity contribution in [1.29, 1.82) is 0 Å². The van der Waals surface area contributed by atoms with Gasteiger partial charge in [-0.1, -0.05) is 17.3 Å². The summed E-state index contributed by atoms with van der Waals surface area (Å²) < 4.78 is 39.5. The third-order valence-electron chi connectivity index (χ3n) is 4.77. The highest BCUT2D eigenvalue weighted by Crippen LogP contribution is 2.34. The standard InChI is InChI=1S/C17H17F3N4O/c18-17(19,20)13-5-3-12(4-6-13)15-10-24(22-21-15)14-8-23(9-14)16(25)7-11-1-2-11/h3-6,10-11,14H,1-2,7-9H2. The Morgan fingerprint density at radius 1 is 1.16 bits per heavy atom. The Kier molecular flexibility index (Phi) is 3.77. The molecule has 2 fully saturated rings. The molecule has 1 amide bonds. The summed E-state index contributed by atoms with van der Waals surface area (Å²) in [5.74, 6) is 0.769. The Morgan fingerprint density at radius 2 is 1.84 bits per heavy atom. The van der Waals surface area contributed by atoms with Crippen molar-refractivity contribution < 1.29 is 18.0 Å². The van der Waals surface area contributed by atoms with E-state index in [0.29, 0.717) is 36.7 Å². The van der Waals surface area contributed by atoms with Crippen LogP contribution in [-0.2, 0) is 11.0 Å². The number of hydrogen-bond donors (Lipinski definition) is 0. The van der Waals surface area contributed by atoms with Crippen molar-refractivity contribution in [2.45, 2.75) is 31.5 Å². The van der Waals surface area contributed by atoms with Crippen molar-refractivity contribution in [3.63, 3.8) is 0 Å². The van der Waals surface area contributed by atoms with Crippen LogP contribution in [0, 0.1) is 5.92 Å². The summed E-state index contributed by atoms with van der Waals surface area (Å²) in [6.07, 6.45) is 0.320. The number of rotatable bonds is 4. The third-order valence-corrected chi connectivity index (χ3v) is 4.77. The van der Waals surface area contributed by atoms with Gasteiger partial charge in [0.25, 0.3) is 0 Å². The largest absolute Gasteiger partial charge is 0.416 e. The molecule has 4 rings (SSSR count). The number of carbonyl (C=O) groups excluding carboxylic acids is 1. The van der Waals surface area contributed by atoms with E-state index in [9.17, 15) is 18.0 Å². The molecule has 5 nitrogen and oxygen atoms in total. The molecule has 0 bridgehead atoms. The Hall–Kier alpha value is -2.38. The lowest BCUT2D eigenvalue weighted by atomic mass is 10.1. The Balaban J connectivity index is 1.38. The maximum Gasteiger partial charge on any atom is 0.416 e. The van der Waals surface area contributed by atoms with Gasteiger partial charge in [0, 0.05) is 25.1 Å². The van der Waals surface area contributed by atoms with Gasteiger partial charge in [-0.15, -0.1) is 5.10 Å². The molecule has 8 heteroatoms. The van der Waals surface area contributed by atoms with E-state index in [4.69, 9.17) is 0 Å². The smallest absolute Gasteiger partial charge is 0.338 e. The van der Waals surface area contributed by atoms with Crippen LogP contribution in [0.3, 0.4) is 0 Å². The fourth-order valence-electron chi connectivity index (χ4n) is 2.94. The number of hydrogen-bond acceptors (Lipinski definition) is 3. The molecule has 0 unspecified atom stereocenters. The van der Waals surface area contributed by atoms with Crippen LogP contribution >= 0.6 is 0 Å². The number of amides is 1. The SMILES string of the molecule is O=C(CC1CC1)N1CC(n2cc(-c3ccc(C(F)(F)F)cc3)nn2)C1. The molecule has 132 valence electrons. The first-order valence-corrected chi connectivity index (χ1v) is 8.27. The first-order valence-electron chi connectivity index (χ1n) is 8.27. The lowest BCUT2D eigenvalue weighted by Crippen LogP contribution is -2.51. The number of nitrogens with zero attached hydrogens (tertiary/aromatic N) is 4. The minimum absolute atomic E-state index is 0.0823. The van der Waals surface area contributed by atoms with Gasteiger partial charge in [-0.25, -0.2) is 4.68 Å². The zero-order chi connectivity index (χ0) is 17.6. The number of halogens is 3.